The Morgan fingerprint density at radius 1 is 1.27 bits per heavy atom. The van der Waals surface area contributed by atoms with E-state index in [1.54, 1.807) is 6.08 Å². The van der Waals surface area contributed by atoms with Crippen molar-refractivity contribution in [2.24, 2.45) is 0 Å². The van der Waals surface area contributed by atoms with Crippen molar-refractivity contribution in [3.8, 4) is 0 Å². The average Bonchev–Trinajstić information content (AvgIpc) is 1.97. The molecule has 0 aromatic carbocycles. The van der Waals surface area contributed by atoms with E-state index in [0.29, 0.717) is 17.7 Å². The van der Waals surface area contributed by atoms with E-state index >= 15 is 0 Å². The Bertz CT molecular complexity index is 124. The van der Waals surface area contributed by atoms with Gasteiger partial charge in [-0.05, 0) is 29.9 Å². The van der Waals surface area contributed by atoms with Gasteiger partial charge in [-0.25, -0.2) is 0 Å². The molecule has 0 saturated heterocycles. The number of thiol groups is 2. The van der Waals surface area contributed by atoms with E-state index < -0.39 is 6.29 Å². The predicted molar refractivity (Wildman–Crippen MR) is 53.2 cm³/mol. The fourth-order valence-electron chi connectivity index (χ4n) is 0.716. The summed E-state index contributed by atoms with van der Waals surface area (Å²) in [5, 5.41) is 17.6. The van der Waals surface area contributed by atoms with Crippen LogP contribution in [0.1, 0.15) is 12.8 Å². The second-order valence-corrected chi connectivity index (χ2v) is 3.03. The lowest BCUT2D eigenvalue weighted by atomic mass is 10.1. The molecule has 0 heterocycles. The molecule has 0 aliphatic carbocycles. The van der Waals surface area contributed by atoms with E-state index in [1.807, 2.05) is 0 Å². The number of aliphatic hydroxyl groups is 2. The summed E-state index contributed by atoms with van der Waals surface area (Å²) in [6.45, 7) is 0. The molecule has 66 valence electrons. The zero-order valence-electron chi connectivity index (χ0n) is 6.27. The van der Waals surface area contributed by atoms with Crippen LogP contribution in [0.4, 0.5) is 0 Å². The van der Waals surface area contributed by atoms with Crippen molar-refractivity contribution < 1.29 is 10.2 Å². The van der Waals surface area contributed by atoms with Crippen LogP contribution in [-0.2, 0) is 0 Å². The maximum absolute atomic E-state index is 8.80. The Morgan fingerprint density at radius 3 is 2.27 bits per heavy atom. The first kappa shape index (κ1) is 11.4. The standard InChI is InChI=1S/C7H14O2S2/c8-7(9)6(3-5-11)2-1-4-10/h2,7-11H,1,3-5H2. The first-order chi connectivity index (χ1) is 5.22. The van der Waals surface area contributed by atoms with Gasteiger partial charge >= 0.3 is 0 Å². The zero-order valence-corrected chi connectivity index (χ0v) is 8.06. The van der Waals surface area contributed by atoms with Gasteiger partial charge in [0.1, 0.15) is 0 Å². The molecule has 0 aliphatic heterocycles. The van der Waals surface area contributed by atoms with Gasteiger partial charge in [-0.1, -0.05) is 6.08 Å². The maximum atomic E-state index is 8.80. The van der Waals surface area contributed by atoms with Crippen molar-refractivity contribution in [2.75, 3.05) is 11.5 Å². The molecular weight excluding hydrogens is 180 g/mol. The lowest BCUT2D eigenvalue weighted by Crippen LogP contribution is -2.09. The number of hydrogen-bond acceptors (Lipinski definition) is 4. The molecule has 0 amide bonds. The topological polar surface area (TPSA) is 40.5 Å². The van der Waals surface area contributed by atoms with E-state index in [4.69, 9.17) is 10.2 Å². The van der Waals surface area contributed by atoms with Crippen molar-refractivity contribution in [3.63, 3.8) is 0 Å². The third-order valence-electron chi connectivity index (χ3n) is 1.27. The Morgan fingerprint density at radius 2 is 1.91 bits per heavy atom. The lowest BCUT2D eigenvalue weighted by Gasteiger charge is -2.07. The van der Waals surface area contributed by atoms with Crippen LogP contribution >= 0.6 is 25.3 Å². The van der Waals surface area contributed by atoms with Crippen molar-refractivity contribution in [1.82, 2.24) is 0 Å². The van der Waals surface area contributed by atoms with Gasteiger partial charge in [-0.15, -0.1) is 0 Å². The SMILES string of the molecule is OC(O)C(=CCCS)CCS. The Balaban J connectivity index is 3.86. The van der Waals surface area contributed by atoms with E-state index in [-0.39, 0.29) is 0 Å². The van der Waals surface area contributed by atoms with Gasteiger partial charge in [0, 0.05) is 0 Å². The van der Waals surface area contributed by atoms with Gasteiger partial charge in [0.15, 0.2) is 6.29 Å². The highest BCUT2D eigenvalue weighted by molar-refractivity contribution is 7.80. The molecule has 0 aromatic heterocycles. The van der Waals surface area contributed by atoms with Gasteiger partial charge in [0.05, 0.1) is 0 Å². The molecule has 0 spiro atoms. The fraction of sp³-hybridized carbons (Fsp3) is 0.714. The maximum Gasteiger partial charge on any atom is 0.174 e. The molecule has 0 fully saturated rings. The van der Waals surface area contributed by atoms with Crippen molar-refractivity contribution in [1.29, 1.82) is 0 Å². The molecule has 2 nitrogen and oxygen atoms in total. The van der Waals surface area contributed by atoms with Gasteiger partial charge in [0.25, 0.3) is 0 Å². The summed E-state index contributed by atoms with van der Waals surface area (Å²) in [5.41, 5.74) is 0.633. The normalized spacial score (nSPS) is 12.6. The second kappa shape index (κ2) is 7.03. The monoisotopic (exact) mass is 194 g/mol. The molecule has 0 atom stereocenters. The molecule has 0 bridgehead atoms. The number of hydrogen-bond donors (Lipinski definition) is 4. The molecule has 4 heteroatoms. The quantitative estimate of drug-likeness (QED) is 0.298. The fourth-order valence-corrected chi connectivity index (χ4v) is 1.10. The largest absolute Gasteiger partial charge is 0.365 e. The molecule has 11 heavy (non-hydrogen) atoms. The molecule has 0 rings (SSSR count). The van der Waals surface area contributed by atoms with Crippen LogP contribution in [0.25, 0.3) is 0 Å². The minimum absolute atomic E-state index is 0.620. The van der Waals surface area contributed by atoms with Gasteiger partial charge in [0.2, 0.25) is 0 Å². The highest BCUT2D eigenvalue weighted by atomic mass is 32.1. The smallest absolute Gasteiger partial charge is 0.174 e. The molecule has 2 N–H and O–H groups in total. The minimum atomic E-state index is -1.33. The summed E-state index contributed by atoms with van der Waals surface area (Å²) < 4.78 is 0. The summed E-state index contributed by atoms with van der Waals surface area (Å²) in [6.07, 6.45) is 1.86. The van der Waals surface area contributed by atoms with Crippen LogP contribution in [0.3, 0.4) is 0 Å². The van der Waals surface area contributed by atoms with Crippen molar-refractivity contribution in [3.05, 3.63) is 11.6 Å². The van der Waals surface area contributed by atoms with Crippen LogP contribution in [0.5, 0.6) is 0 Å². The van der Waals surface area contributed by atoms with E-state index in [0.717, 1.165) is 12.2 Å². The van der Waals surface area contributed by atoms with Crippen LogP contribution in [-0.4, -0.2) is 28.0 Å². The third kappa shape index (κ3) is 5.61. The Hall–Kier alpha value is 0.360. The first-order valence-electron chi connectivity index (χ1n) is 3.49. The van der Waals surface area contributed by atoms with Crippen molar-refractivity contribution in [2.45, 2.75) is 19.1 Å². The highest BCUT2D eigenvalue weighted by Gasteiger charge is 2.03. The van der Waals surface area contributed by atoms with Crippen LogP contribution in [0.2, 0.25) is 0 Å². The number of allylic oxidation sites excluding steroid dienone is 1. The highest BCUT2D eigenvalue weighted by Crippen LogP contribution is 2.08. The number of aliphatic hydroxyl groups excluding tert-OH is 1. The average molecular weight is 194 g/mol. The number of rotatable bonds is 5. The summed E-state index contributed by atoms with van der Waals surface area (Å²) in [6, 6.07) is 0. The molecule has 0 unspecified atom stereocenters. The van der Waals surface area contributed by atoms with Crippen LogP contribution in [0.15, 0.2) is 11.6 Å². The van der Waals surface area contributed by atoms with E-state index in [1.165, 1.54) is 0 Å². The van der Waals surface area contributed by atoms with E-state index in [9.17, 15) is 0 Å². The van der Waals surface area contributed by atoms with Gasteiger partial charge in [-0.3, -0.25) is 0 Å². The molecular formula is C7H14O2S2. The Labute approximate surface area is 78.1 Å². The van der Waals surface area contributed by atoms with E-state index in [2.05, 4.69) is 25.3 Å². The van der Waals surface area contributed by atoms with Crippen LogP contribution in [0, 0.1) is 0 Å². The molecule has 0 aliphatic rings. The van der Waals surface area contributed by atoms with Crippen LogP contribution < -0.4 is 0 Å². The third-order valence-corrected chi connectivity index (χ3v) is 1.75. The zero-order chi connectivity index (χ0) is 8.69. The predicted octanol–water partition coefficient (Wildman–Crippen LogP) is 0.863. The minimum Gasteiger partial charge on any atom is -0.365 e. The summed E-state index contributed by atoms with van der Waals surface area (Å²) in [5.74, 6) is 1.36. The summed E-state index contributed by atoms with van der Waals surface area (Å²) in [7, 11) is 0. The molecule has 0 aromatic rings. The van der Waals surface area contributed by atoms with Gasteiger partial charge in [-0.2, -0.15) is 25.3 Å². The molecule has 0 radical (unpaired) electrons. The lowest BCUT2D eigenvalue weighted by molar-refractivity contribution is -0.00987. The second-order valence-electron chi connectivity index (χ2n) is 2.14. The summed E-state index contributed by atoms with van der Waals surface area (Å²) in [4.78, 5) is 0. The first-order valence-corrected chi connectivity index (χ1v) is 4.75. The molecule has 0 saturated carbocycles. The van der Waals surface area contributed by atoms with Crippen molar-refractivity contribution >= 4 is 25.3 Å². The van der Waals surface area contributed by atoms with Gasteiger partial charge < -0.3 is 10.2 Å². The summed E-state index contributed by atoms with van der Waals surface area (Å²) >= 11 is 8.00. The Kier molecular flexibility index (Phi) is 7.26.